The van der Waals surface area contributed by atoms with Crippen molar-refractivity contribution in [1.29, 1.82) is 0 Å². The Balaban J connectivity index is 1.76. The van der Waals surface area contributed by atoms with Gasteiger partial charge in [-0.25, -0.2) is 0 Å². The van der Waals surface area contributed by atoms with Crippen LogP contribution in [0.1, 0.15) is 23.2 Å². The summed E-state index contributed by atoms with van der Waals surface area (Å²) in [5.74, 6) is -0.742. The first-order chi connectivity index (χ1) is 11.4. The maximum absolute atomic E-state index is 12.7. The molecule has 0 bridgehead atoms. The molecule has 2 fully saturated rings. The van der Waals surface area contributed by atoms with E-state index in [2.05, 4.69) is 0 Å². The number of carbonyl (C=O) groups excluding carboxylic acids is 1. The first-order valence-corrected chi connectivity index (χ1v) is 7.95. The average Bonchev–Trinajstić information content (AvgIpc) is 3.02. The second-order valence-electron chi connectivity index (χ2n) is 6.25. The molecule has 2 heterocycles. The van der Waals surface area contributed by atoms with E-state index in [1.165, 1.54) is 6.07 Å². The Kier molecular flexibility index (Phi) is 4.42. The minimum absolute atomic E-state index is 0.0678. The number of ether oxygens (including phenoxy) is 2. The smallest absolute Gasteiger partial charge is 0.293 e. The SMILES string of the molecule is CN(C)c1ccc(C(=O)N2CCC3(CC2)OCCO3)cc1[N+](=O)[O-]. The number of amides is 1. The fourth-order valence-corrected chi connectivity index (χ4v) is 3.20. The predicted octanol–water partition coefficient (Wildman–Crippen LogP) is 1.64. The summed E-state index contributed by atoms with van der Waals surface area (Å²) in [5, 5.41) is 11.3. The Labute approximate surface area is 140 Å². The topological polar surface area (TPSA) is 85.2 Å². The summed E-state index contributed by atoms with van der Waals surface area (Å²) in [6.07, 6.45) is 1.24. The molecule has 1 amide bonds. The second kappa shape index (κ2) is 6.37. The molecule has 2 aliphatic heterocycles. The standard InChI is InChI=1S/C16H21N3O5/c1-17(2)13-4-3-12(11-14(13)19(21)22)15(20)18-7-5-16(6-8-18)23-9-10-24-16/h3-4,11H,5-10H2,1-2H3. The molecule has 3 rings (SSSR count). The summed E-state index contributed by atoms with van der Waals surface area (Å²) < 4.78 is 11.3. The predicted molar refractivity (Wildman–Crippen MR) is 87.2 cm³/mol. The number of hydrogen-bond donors (Lipinski definition) is 0. The third-order valence-electron chi connectivity index (χ3n) is 4.53. The van der Waals surface area contributed by atoms with Crippen LogP contribution in [0.25, 0.3) is 0 Å². The molecular weight excluding hydrogens is 314 g/mol. The molecule has 1 aromatic carbocycles. The van der Waals surface area contributed by atoms with Gasteiger partial charge in [0.05, 0.1) is 18.1 Å². The molecule has 2 aliphatic rings. The van der Waals surface area contributed by atoms with Gasteiger partial charge < -0.3 is 19.3 Å². The Morgan fingerprint density at radius 1 is 1.25 bits per heavy atom. The minimum Gasteiger partial charge on any atom is -0.372 e. The van der Waals surface area contributed by atoms with Crippen LogP contribution in [-0.2, 0) is 9.47 Å². The number of nitro groups is 1. The zero-order chi connectivity index (χ0) is 17.3. The van der Waals surface area contributed by atoms with E-state index in [9.17, 15) is 14.9 Å². The number of carbonyl (C=O) groups is 1. The van der Waals surface area contributed by atoms with Gasteiger partial charge >= 0.3 is 0 Å². The monoisotopic (exact) mass is 335 g/mol. The number of rotatable bonds is 3. The lowest BCUT2D eigenvalue weighted by Crippen LogP contribution is -2.47. The molecule has 0 radical (unpaired) electrons. The van der Waals surface area contributed by atoms with Gasteiger partial charge in [0.1, 0.15) is 5.69 Å². The molecule has 0 aromatic heterocycles. The van der Waals surface area contributed by atoms with Gasteiger partial charge in [0.2, 0.25) is 0 Å². The minimum atomic E-state index is -0.544. The highest BCUT2D eigenvalue weighted by atomic mass is 16.7. The fraction of sp³-hybridized carbons (Fsp3) is 0.562. The summed E-state index contributed by atoms with van der Waals surface area (Å²) in [7, 11) is 3.46. The molecule has 1 spiro atoms. The number of hydrogen-bond acceptors (Lipinski definition) is 6. The molecule has 0 aliphatic carbocycles. The number of anilines is 1. The zero-order valence-electron chi connectivity index (χ0n) is 13.9. The molecule has 2 saturated heterocycles. The van der Waals surface area contributed by atoms with E-state index in [-0.39, 0.29) is 11.6 Å². The van der Waals surface area contributed by atoms with Crippen molar-refractivity contribution in [3.63, 3.8) is 0 Å². The Hall–Kier alpha value is -2.19. The molecule has 0 saturated carbocycles. The number of piperidine rings is 1. The van der Waals surface area contributed by atoms with E-state index in [0.29, 0.717) is 50.4 Å². The lowest BCUT2D eigenvalue weighted by molar-refractivity contribution is -0.384. The molecule has 0 atom stereocenters. The lowest BCUT2D eigenvalue weighted by atomic mass is 10.0. The molecule has 8 heteroatoms. The van der Waals surface area contributed by atoms with Gasteiger partial charge in [0.15, 0.2) is 5.79 Å². The Morgan fingerprint density at radius 2 is 1.88 bits per heavy atom. The lowest BCUT2D eigenvalue weighted by Gasteiger charge is -2.37. The Morgan fingerprint density at radius 3 is 2.42 bits per heavy atom. The van der Waals surface area contributed by atoms with Crippen molar-refractivity contribution in [2.24, 2.45) is 0 Å². The van der Waals surface area contributed by atoms with Crippen molar-refractivity contribution in [2.45, 2.75) is 18.6 Å². The molecule has 0 unspecified atom stereocenters. The molecule has 8 nitrogen and oxygen atoms in total. The summed E-state index contributed by atoms with van der Waals surface area (Å²) >= 11 is 0. The van der Waals surface area contributed by atoms with Gasteiger partial charge in [0.25, 0.3) is 11.6 Å². The van der Waals surface area contributed by atoms with Gasteiger partial charge in [-0.15, -0.1) is 0 Å². The van der Waals surface area contributed by atoms with Gasteiger partial charge in [-0.05, 0) is 12.1 Å². The first-order valence-electron chi connectivity index (χ1n) is 7.95. The highest BCUT2D eigenvalue weighted by molar-refractivity contribution is 5.95. The van der Waals surface area contributed by atoms with Crippen LogP contribution in [0.3, 0.4) is 0 Å². The summed E-state index contributed by atoms with van der Waals surface area (Å²) in [6, 6.07) is 4.60. The quantitative estimate of drug-likeness (QED) is 0.617. The Bertz CT molecular complexity index is 645. The fourth-order valence-electron chi connectivity index (χ4n) is 3.20. The third-order valence-corrected chi connectivity index (χ3v) is 4.53. The molecule has 130 valence electrons. The summed E-state index contributed by atoms with van der Waals surface area (Å²) in [4.78, 5) is 26.8. The van der Waals surface area contributed by atoms with Crippen molar-refractivity contribution in [2.75, 3.05) is 45.3 Å². The van der Waals surface area contributed by atoms with Crippen molar-refractivity contribution < 1.29 is 19.2 Å². The molecular formula is C16H21N3O5. The van der Waals surface area contributed by atoms with Crippen LogP contribution in [-0.4, -0.2) is 61.9 Å². The normalized spacial score (nSPS) is 19.5. The maximum atomic E-state index is 12.7. The van der Waals surface area contributed by atoms with Crippen LogP contribution >= 0.6 is 0 Å². The average molecular weight is 335 g/mol. The number of nitro benzene ring substituents is 1. The number of benzene rings is 1. The molecule has 1 aromatic rings. The van der Waals surface area contributed by atoms with Crippen molar-refractivity contribution in [3.8, 4) is 0 Å². The highest BCUT2D eigenvalue weighted by Crippen LogP contribution is 2.33. The van der Waals surface area contributed by atoms with E-state index in [1.54, 1.807) is 36.0 Å². The third kappa shape index (κ3) is 3.07. The summed E-state index contributed by atoms with van der Waals surface area (Å²) in [6.45, 7) is 2.21. The van der Waals surface area contributed by atoms with E-state index in [4.69, 9.17) is 9.47 Å². The van der Waals surface area contributed by atoms with Crippen LogP contribution in [0.15, 0.2) is 18.2 Å². The van der Waals surface area contributed by atoms with Crippen LogP contribution in [0, 0.1) is 10.1 Å². The van der Waals surface area contributed by atoms with Gasteiger partial charge in [-0.3, -0.25) is 14.9 Å². The van der Waals surface area contributed by atoms with Gasteiger partial charge in [-0.2, -0.15) is 0 Å². The number of likely N-dealkylation sites (tertiary alicyclic amines) is 1. The van der Waals surface area contributed by atoms with Crippen molar-refractivity contribution in [3.05, 3.63) is 33.9 Å². The van der Waals surface area contributed by atoms with Crippen LogP contribution < -0.4 is 4.90 Å². The second-order valence-corrected chi connectivity index (χ2v) is 6.25. The van der Waals surface area contributed by atoms with Gasteiger partial charge in [0, 0.05) is 51.7 Å². The maximum Gasteiger partial charge on any atom is 0.293 e. The van der Waals surface area contributed by atoms with Crippen LogP contribution in [0.5, 0.6) is 0 Å². The zero-order valence-corrected chi connectivity index (χ0v) is 13.9. The van der Waals surface area contributed by atoms with E-state index in [0.717, 1.165) is 0 Å². The number of nitrogens with zero attached hydrogens (tertiary/aromatic N) is 3. The molecule has 0 N–H and O–H groups in total. The van der Waals surface area contributed by atoms with Crippen molar-refractivity contribution >= 4 is 17.3 Å². The van der Waals surface area contributed by atoms with Crippen LogP contribution in [0.4, 0.5) is 11.4 Å². The van der Waals surface area contributed by atoms with Gasteiger partial charge in [-0.1, -0.05) is 0 Å². The van der Waals surface area contributed by atoms with Crippen LogP contribution in [0.2, 0.25) is 0 Å². The van der Waals surface area contributed by atoms with Crippen molar-refractivity contribution in [1.82, 2.24) is 4.90 Å². The molecule has 24 heavy (non-hydrogen) atoms. The summed E-state index contributed by atoms with van der Waals surface area (Å²) in [5.41, 5.74) is 0.736. The van der Waals surface area contributed by atoms with E-state index >= 15 is 0 Å². The first kappa shape index (κ1) is 16.7. The highest BCUT2D eigenvalue weighted by Gasteiger charge is 2.41. The van der Waals surface area contributed by atoms with E-state index < -0.39 is 10.7 Å². The largest absolute Gasteiger partial charge is 0.372 e. The van der Waals surface area contributed by atoms with E-state index in [1.807, 2.05) is 0 Å².